The molecule has 0 nitrogen and oxygen atoms in total. The first-order valence-electron chi connectivity index (χ1n) is 8.07. The highest BCUT2D eigenvalue weighted by molar-refractivity contribution is 5.10. The maximum atomic E-state index is 4.26. The Bertz CT molecular complexity index is 230. The largest absolute Gasteiger partial charge is 0.0499 e. The first-order chi connectivity index (χ1) is 8.28. The van der Waals surface area contributed by atoms with Gasteiger partial charge in [-0.3, -0.25) is 0 Å². The molecule has 0 atom stereocenters. The Balaban J connectivity index is 1.52. The summed E-state index contributed by atoms with van der Waals surface area (Å²) < 4.78 is 0. The Morgan fingerprint density at radius 3 is 1.12 bits per heavy atom. The smallest absolute Gasteiger partial charge is 0.00385 e. The average molecular weight is 230 g/mol. The molecular weight excluding hydrogens is 204 g/mol. The second kappa shape index (κ2) is 3.75. The molecule has 0 aromatic carbocycles. The maximum Gasteiger partial charge on any atom is -0.00385 e. The summed E-state index contributed by atoms with van der Waals surface area (Å²) in [4.78, 5) is 0. The predicted octanol–water partition coefficient (Wildman–Crippen LogP) is 5.01. The summed E-state index contributed by atoms with van der Waals surface area (Å²) in [5.74, 6) is 2.19. The van der Waals surface area contributed by atoms with E-state index in [0.717, 1.165) is 11.8 Å². The van der Waals surface area contributed by atoms with Gasteiger partial charge in [0.1, 0.15) is 0 Å². The minimum atomic E-state index is 0.582. The van der Waals surface area contributed by atoms with Gasteiger partial charge in [-0.1, -0.05) is 0 Å². The third-order valence-electron chi connectivity index (χ3n) is 6.72. The third kappa shape index (κ3) is 1.78. The normalized spacial score (nSPS) is 52.9. The Kier molecular flexibility index (Phi) is 2.40. The molecule has 6 rings (SSSR count). The zero-order chi connectivity index (χ0) is 11.3. The van der Waals surface area contributed by atoms with Crippen LogP contribution in [-0.2, 0) is 0 Å². The second-order valence-electron chi connectivity index (χ2n) is 7.65. The van der Waals surface area contributed by atoms with Crippen LogP contribution in [0.1, 0.15) is 77.0 Å². The van der Waals surface area contributed by atoms with Crippen LogP contribution in [0, 0.1) is 29.1 Å². The quantitative estimate of drug-likeness (QED) is 0.625. The van der Waals surface area contributed by atoms with Crippen molar-refractivity contribution < 1.29 is 0 Å². The lowest BCUT2D eigenvalue weighted by atomic mass is 9.50. The van der Waals surface area contributed by atoms with Crippen LogP contribution in [0.4, 0.5) is 0 Å². The van der Waals surface area contributed by atoms with E-state index in [-0.39, 0.29) is 0 Å². The van der Waals surface area contributed by atoms with E-state index in [4.69, 9.17) is 0 Å². The molecule has 0 saturated heterocycles. The molecule has 94 valence electrons. The van der Waals surface area contributed by atoms with E-state index in [1.54, 1.807) is 0 Å². The summed E-state index contributed by atoms with van der Waals surface area (Å²) in [6.07, 6.45) is 22.3. The topological polar surface area (TPSA) is 0 Å². The molecule has 0 amide bonds. The van der Waals surface area contributed by atoms with Gasteiger partial charge in [-0.05, 0) is 106 Å². The minimum Gasteiger partial charge on any atom is -0.0499 e. The van der Waals surface area contributed by atoms with E-state index in [0.29, 0.717) is 10.8 Å². The van der Waals surface area contributed by atoms with Crippen molar-refractivity contribution in [2.45, 2.75) is 77.0 Å². The molecule has 0 aromatic rings. The van der Waals surface area contributed by atoms with Gasteiger partial charge in [0, 0.05) is 0 Å². The van der Waals surface area contributed by atoms with Crippen LogP contribution in [-0.4, -0.2) is 0 Å². The molecule has 0 heteroatoms. The van der Waals surface area contributed by atoms with E-state index in [9.17, 15) is 0 Å². The molecule has 0 heterocycles. The summed E-state index contributed by atoms with van der Waals surface area (Å²) in [7, 11) is 0. The molecule has 6 fully saturated rings. The van der Waals surface area contributed by atoms with Gasteiger partial charge in [0.05, 0.1) is 0 Å². The summed E-state index contributed by atoms with van der Waals surface area (Å²) in [5.41, 5.74) is 1.16. The molecule has 0 spiro atoms. The van der Waals surface area contributed by atoms with Crippen molar-refractivity contribution in [2.24, 2.45) is 22.7 Å². The van der Waals surface area contributed by atoms with Gasteiger partial charge >= 0.3 is 0 Å². The first kappa shape index (κ1) is 10.9. The lowest BCUT2D eigenvalue weighted by molar-refractivity contribution is 0.0224. The summed E-state index contributed by atoms with van der Waals surface area (Å²) >= 11 is 0. The fourth-order valence-corrected chi connectivity index (χ4v) is 5.44. The molecule has 0 aliphatic heterocycles. The van der Waals surface area contributed by atoms with E-state index < -0.39 is 0 Å². The van der Waals surface area contributed by atoms with Crippen molar-refractivity contribution in [3.63, 3.8) is 0 Å². The zero-order valence-corrected chi connectivity index (χ0v) is 11.1. The van der Waals surface area contributed by atoms with Gasteiger partial charge < -0.3 is 0 Å². The van der Waals surface area contributed by atoms with Crippen LogP contribution >= 0.6 is 0 Å². The molecule has 0 N–H and O–H groups in total. The Morgan fingerprint density at radius 1 is 0.529 bits per heavy atom. The fourth-order valence-electron chi connectivity index (χ4n) is 5.44. The standard InChI is InChI=1S/C17H26/c1-7-16(8-2-14(1)3-9-16)13-17-10-4-15(5-11-17)6-12-17/h14-15H,1-12H2. The Hall–Kier alpha value is 0. The number of hydrogen-bond donors (Lipinski definition) is 0. The van der Waals surface area contributed by atoms with Crippen LogP contribution in [0.5, 0.6) is 0 Å². The molecule has 6 aliphatic rings. The van der Waals surface area contributed by atoms with Crippen LogP contribution in [0.3, 0.4) is 0 Å². The van der Waals surface area contributed by atoms with Crippen LogP contribution in [0.15, 0.2) is 0 Å². The van der Waals surface area contributed by atoms with Crippen LogP contribution in [0.2, 0.25) is 0 Å². The van der Waals surface area contributed by atoms with E-state index in [1.165, 1.54) is 77.0 Å². The Morgan fingerprint density at radius 2 is 0.824 bits per heavy atom. The highest BCUT2D eigenvalue weighted by Crippen LogP contribution is 2.60. The van der Waals surface area contributed by atoms with Crippen molar-refractivity contribution in [2.75, 3.05) is 0 Å². The summed E-state index contributed by atoms with van der Waals surface area (Å²) in [5, 5.41) is 0. The van der Waals surface area contributed by atoms with E-state index >= 15 is 0 Å². The number of hydrogen-bond acceptors (Lipinski definition) is 0. The highest BCUT2D eigenvalue weighted by Gasteiger charge is 2.49. The highest BCUT2D eigenvalue weighted by atomic mass is 14.5. The lowest BCUT2D eigenvalue weighted by Crippen LogP contribution is -2.43. The van der Waals surface area contributed by atoms with Gasteiger partial charge in [0.15, 0.2) is 0 Å². The fraction of sp³-hybridized carbons (Fsp3) is 0.941. The number of rotatable bonds is 2. The molecule has 17 heavy (non-hydrogen) atoms. The maximum absolute atomic E-state index is 4.26. The third-order valence-corrected chi connectivity index (χ3v) is 6.72. The van der Waals surface area contributed by atoms with Crippen molar-refractivity contribution in [3.8, 4) is 0 Å². The second-order valence-corrected chi connectivity index (χ2v) is 7.65. The zero-order valence-electron chi connectivity index (χ0n) is 11.1. The molecule has 2 radical (unpaired) electrons. The first-order valence-corrected chi connectivity index (χ1v) is 8.07. The lowest BCUT2D eigenvalue weighted by Gasteiger charge is -2.54. The van der Waals surface area contributed by atoms with Gasteiger partial charge in [-0.2, -0.15) is 0 Å². The van der Waals surface area contributed by atoms with Gasteiger partial charge in [-0.25, -0.2) is 0 Å². The molecule has 6 aliphatic carbocycles. The molecule has 0 aromatic heterocycles. The van der Waals surface area contributed by atoms with Crippen molar-refractivity contribution in [1.29, 1.82) is 0 Å². The summed E-state index contributed by atoms with van der Waals surface area (Å²) in [6.45, 7) is 0. The van der Waals surface area contributed by atoms with Crippen molar-refractivity contribution in [3.05, 3.63) is 6.42 Å². The number of fused-ring (bicyclic) bond motifs is 6. The van der Waals surface area contributed by atoms with Crippen LogP contribution < -0.4 is 0 Å². The van der Waals surface area contributed by atoms with E-state index in [2.05, 4.69) is 6.42 Å². The SMILES string of the molecule is [C](C12CCC(CC1)CC2)C12CCC(CC1)CC2. The minimum absolute atomic E-state index is 0.582. The van der Waals surface area contributed by atoms with Crippen LogP contribution in [0.25, 0.3) is 0 Å². The van der Waals surface area contributed by atoms with Crippen molar-refractivity contribution >= 4 is 0 Å². The Labute approximate surface area is 107 Å². The average Bonchev–Trinajstić information content (AvgIpc) is 2.42. The van der Waals surface area contributed by atoms with Crippen molar-refractivity contribution in [1.82, 2.24) is 0 Å². The van der Waals surface area contributed by atoms with E-state index in [1.807, 2.05) is 0 Å². The predicted molar refractivity (Wildman–Crippen MR) is 70.5 cm³/mol. The van der Waals surface area contributed by atoms with Gasteiger partial charge in [-0.15, -0.1) is 0 Å². The molecular formula is C17H26. The molecule has 6 saturated carbocycles. The monoisotopic (exact) mass is 230 g/mol. The van der Waals surface area contributed by atoms with Gasteiger partial charge in [0.25, 0.3) is 0 Å². The summed E-state index contributed by atoms with van der Waals surface area (Å²) in [6, 6.07) is 0. The molecule has 4 bridgehead atoms. The van der Waals surface area contributed by atoms with Gasteiger partial charge in [0.2, 0.25) is 0 Å². The molecule has 0 unspecified atom stereocenters.